The Kier molecular flexibility index (Phi) is 5.23. The van der Waals surface area contributed by atoms with Crippen molar-refractivity contribution >= 4 is 11.6 Å². The van der Waals surface area contributed by atoms with Crippen LogP contribution in [0.2, 0.25) is 5.02 Å². The van der Waals surface area contributed by atoms with Crippen LogP contribution in [-0.2, 0) is 4.74 Å². The van der Waals surface area contributed by atoms with E-state index in [4.69, 9.17) is 16.3 Å². The Balaban J connectivity index is 2.25. The van der Waals surface area contributed by atoms with Gasteiger partial charge in [-0.3, -0.25) is 0 Å². The molecule has 0 fully saturated rings. The summed E-state index contributed by atoms with van der Waals surface area (Å²) in [6.07, 6.45) is 4.88. The first-order valence-corrected chi connectivity index (χ1v) is 7.09. The highest BCUT2D eigenvalue weighted by molar-refractivity contribution is 6.30. The summed E-state index contributed by atoms with van der Waals surface area (Å²) in [4.78, 5) is 0. The summed E-state index contributed by atoms with van der Waals surface area (Å²) in [5.41, 5.74) is 2.18. The van der Waals surface area contributed by atoms with Gasteiger partial charge >= 0.3 is 0 Å². The van der Waals surface area contributed by atoms with Gasteiger partial charge in [0.25, 0.3) is 0 Å². The highest BCUT2D eigenvalue weighted by Crippen LogP contribution is 2.30. The lowest BCUT2D eigenvalue weighted by Gasteiger charge is -2.25. The molecule has 0 aliphatic carbocycles. The molecule has 2 nitrogen and oxygen atoms in total. The fraction of sp³-hybridized carbons (Fsp3) is 0.467. The standard InChI is InChI=1S/C15H19ClFNO/c1-2-7-18-15(12-4-3-8-19-10-12)11-5-6-14(17)13(16)9-11/h5-6,9-10,15,18H,2-4,7-8H2,1H3. The van der Waals surface area contributed by atoms with Crippen LogP contribution < -0.4 is 5.32 Å². The van der Waals surface area contributed by atoms with Crippen LogP contribution >= 0.6 is 11.6 Å². The highest BCUT2D eigenvalue weighted by Gasteiger charge is 2.19. The third-order valence-electron chi connectivity index (χ3n) is 3.21. The van der Waals surface area contributed by atoms with Crippen LogP contribution in [0.4, 0.5) is 4.39 Å². The van der Waals surface area contributed by atoms with Gasteiger partial charge in [-0.15, -0.1) is 0 Å². The van der Waals surface area contributed by atoms with E-state index >= 15 is 0 Å². The van der Waals surface area contributed by atoms with E-state index in [1.54, 1.807) is 12.1 Å². The molecule has 1 N–H and O–H groups in total. The summed E-state index contributed by atoms with van der Waals surface area (Å²) in [6, 6.07) is 4.95. The maximum atomic E-state index is 13.3. The molecule has 0 radical (unpaired) electrons. The van der Waals surface area contributed by atoms with Gasteiger partial charge in [0, 0.05) is 0 Å². The van der Waals surface area contributed by atoms with Crippen LogP contribution in [-0.4, -0.2) is 13.2 Å². The van der Waals surface area contributed by atoms with Crippen molar-refractivity contribution in [3.8, 4) is 0 Å². The lowest BCUT2D eigenvalue weighted by atomic mass is 9.95. The Labute approximate surface area is 118 Å². The maximum Gasteiger partial charge on any atom is 0.141 e. The summed E-state index contributed by atoms with van der Waals surface area (Å²) in [7, 11) is 0. The zero-order valence-corrected chi connectivity index (χ0v) is 11.8. The van der Waals surface area contributed by atoms with Crippen LogP contribution in [0.5, 0.6) is 0 Å². The molecule has 1 aromatic rings. The van der Waals surface area contributed by atoms with Crippen LogP contribution in [0.15, 0.2) is 30.0 Å². The van der Waals surface area contributed by atoms with Crippen molar-refractivity contribution in [2.75, 3.05) is 13.2 Å². The van der Waals surface area contributed by atoms with Gasteiger partial charge in [-0.25, -0.2) is 4.39 Å². The topological polar surface area (TPSA) is 21.3 Å². The SMILES string of the molecule is CCCNC(C1=COCCC1)c1ccc(F)c(Cl)c1. The summed E-state index contributed by atoms with van der Waals surface area (Å²) >= 11 is 5.88. The van der Waals surface area contributed by atoms with Crippen molar-refractivity contribution < 1.29 is 9.13 Å². The lowest BCUT2D eigenvalue weighted by Crippen LogP contribution is -2.25. The Hall–Kier alpha value is -1.06. The number of nitrogens with one attached hydrogen (secondary N) is 1. The molecular weight excluding hydrogens is 265 g/mol. The molecule has 0 saturated heterocycles. The Morgan fingerprint density at radius 1 is 1.47 bits per heavy atom. The van der Waals surface area contributed by atoms with Crippen molar-refractivity contribution in [1.29, 1.82) is 0 Å². The number of ether oxygens (including phenoxy) is 1. The molecule has 4 heteroatoms. The first kappa shape index (κ1) is 14.4. The molecule has 1 unspecified atom stereocenters. The fourth-order valence-electron chi connectivity index (χ4n) is 2.24. The molecule has 1 aromatic carbocycles. The van der Waals surface area contributed by atoms with Crippen LogP contribution in [0, 0.1) is 5.82 Å². The molecule has 0 bridgehead atoms. The van der Waals surface area contributed by atoms with Gasteiger partial charge in [0.15, 0.2) is 0 Å². The van der Waals surface area contributed by atoms with Gasteiger partial charge in [0.05, 0.1) is 23.9 Å². The van der Waals surface area contributed by atoms with Crippen molar-refractivity contribution in [3.63, 3.8) is 0 Å². The number of hydrogen-bond acceptors (Lipinski definition) is 2. The summed E-state index contributed by atoms with van der Waals surface area (Å²) in [6.45, 7) is 3.79. The molecule has 0 amide bonds. The van der Waals surface area contributed by atoms with E-state index in [9.17, 15) is 4.39 Å². The summed E-state index contributed by atoms with van der Waals surface area (Å²) in [5, 5.41) is 3.64. The van der Waals surface area contributed by atoms with E-state index in [0.717, 1.165) is 38.0 Å². The Morgan fingerprint density at radius 3 is 2.95 bits per heavy atom. The van der Waals surface area contributed by atoms with Crippen LogP contribution in [0.3, 0.4) is 0 Å². The van der Waals surface area contributed by atoms with Gasteiger partial charge in [-0.1, -0.05) is 24.6 Å². The zero-order valence-electron chi connectivity index (χ0n) is 11.1. The average Bonchev–Trinajstić information content (AvgIpc) is 2.44. The van der Waals surface area contributed by atoms with Gasteiger partial charge in [0.1, 0.15) is 5.82 Å². The molecule has 19 heavy (non-hydrogen) atoms. The van der Waals surface area contributed by atoms with Gasteiger partial charge in [-0.05, 0) is 49.1 Å². The van der Waals surface area contributed by atoms with E-state index in [-0.39, 0.29) is 16.9 Å². The van der Waals surface area contributed by atoms with Crippen molar-refractivity contribution in [2.45, 2.75) is 32.2 Å². The third-order valence-corrected chi connectivity index (χ3v) is 3.50. The summed E-state index contributed by atoms with van der Waals surface area (Å²) < 4.78 is 18.7. The van der Waals surface area contributed by atoms with Crippen LogP contribution in [0.1, 0.15) is 37.8 Å². The minimum atomic E-state index is -0.381. The van der Waals surface area contributed by atoms with Gasteiger partial charge in [-0.2, -0.15) is 0 Å². The van der Waals surface area contributed by atoms with Crippen molar-refractivity contribution in [3.05, 3.63) is 46.4 Å². The molecular formula is C15H19ClFNO. The molecule has 1 aliphatic rings. The second kappa shape index (κ2) is 6.92. The number of hydrogen-bond donors (Lipinski definition) is 1. The number of benzene rings is 1. The van der Waals surface area contributed by atoms with Crippen molar-refractivity contribution in [2.24, 2.45) is 0 Å². The van der Waals surface area contributed by atoms with Crippen molar-refractivity contribution in [1.82, 2.24) is 5.32 Å². The number of rotatable bonds is 5. The highest BCUT2D eigenvalue weighted by atomic mass is 35.5. The van der Waals surface area contributed by atoms with E-state index < -0.39 is 0 Å². The van der Waals surface area contributed by atoms with Gasteiger partial charge in [0.2, 0.25) is 0 Å². The van der Waals surface area contributed by atoms with Gasteiger partial charge < -0.3 is 10.1 Å². The summed E-state index contributed by atoms with van der Waals surface area (Å²) in [5.74, 6) is -0.381. The molecule has 0 spiro atoms. The first-order chi connectivity index (χ1) is 9.22. The minimum Gasteiger partial charge on any atom is -0.501 e. The zero-order chi connectivity index (χ0) is 13.7. The molecule has 0 aromatic heterocycles. The molecule has 1 heterocycles. The monoisotopic (exact) mass is 283 g/mol. The second-order valence-corrected chi connectivity index (χ2v) is 5.13. The second-order valence-electron chi connectivity index (χ2n) is 4.73. The predicted octanol–water partition coefficient (Wildman–Crippen LogP) is 4.21. The van der Waals surface area contributed by atoms with E-state index in [1.165, 1.54) is 11.6 Å². The average molecular weight is 284 g/mol. The van der Waals surface area contributed by atoms with E-state index in [1.807, 2.05) is 6.26 Å². The molecule has 2 rings (SSSR count). The fourth-order valence-corrected chi connectivity index (χ4v) is 2.43. The molecule has 1 atom stereocenters. The smallest absolute Gasteiger partial charge is 0.141 e. The maximum absolute atomic E-state index is 13.3. The largest absolute Gasteiger partial charge is 0.501 e. The van der Waals surface area contributed by atoms with E-state index in [2.05, 4.69) is 12.2 Å². The lowest BCUT2D eigenvalue weighted by molar-refractivity contribution is 0.219. The van der Waals surface area contributed by atoms with E-state index in [0.29, 0.717) is 0 Å². The number of halogens is 2. The predicted molar refractivity (Wildman–Crippen MR) is 75.7 cm³/mol. The normalized spacial score (nSPS) is 16.7. The minimum absolute atomic E-state index is 0.0540. The van der Waals surface area contributed by atoms with Crippen LogP contribution in [0.25, 0.3) is 0 Å². The molecule has 104 valence electrons. The Bertz CT molecular complexity index is 461. The first-order valence-electron chi connectivity index (χ1n) is 6.71. The Morgan fingerprint density at radius 2 is 2.32 bits per heavy atom. The molecule has 1 aliphatic heterocycles. The third kappa shape index (κ3) is 3.71. The molecule has 0 saturated carbocycles. The quantitative estimate of drug-likeness (QED) is 0.874.